The first-order valence-corrected chi connectivity index (χ1v) is 3.94. The molecule has 80 valence electrons. The van der Waals surface area contributed by atoms with Crippen LogP contribution in [0, 0.1) is 11.6 Å². The van der Waals surface area contributed by atoms with Crippen LogP contribution in [0.3, 0.4) is 0 Å². The summed E-state index contributed by atoms with van der Waals surface area (Å²) in [6, 6.07) is 2.81. The first-order chi connectivity index (χ1) is 6.13. The third kappa shape index (κ3) is 3.57. The van der Waals surface area contributed by atoms with Crippen molar-refractivity contribution in [2.75, 3.05) is 6.61 Å². The second-order valence-electron chi connectivity index (χ2n) is 2.88. The fourth-order valence-electron chi connectivity index (χ4n) is 1.03. The molecule has 1 aromatic carbocycles. The highest BCUT2D eigenvalue weighted by atomic mass is 35.5. The lowest BCUT2D eigenvalue weighted by molar-refractivity contribution is 0.264. The van der Waals surface area contributed by atoms with Gasteiger partial charge in [0, 0.05) is 12.1 Å². The van der Waals surface area contributed by atoms with E-state index in [9.17, 15) is 8.78 Å². The molecule has 14 heavy (non-hydrogen) atoms. The van der Waals surface area contributed by atoms with Crippen LogP contribution in [-0.2, 0) is 6.42 Å². The van der Waals surface area contributed by atoms with Gasteiger partial charge in [0.15, 0.2) is 0 Å². The van der Waals surface area contributed by atoms with E-state index in [2.05, 4.69) is 0 Å². The predicted octanol–water partition coefficient (Wildman–Crippen LogP) is 1.25. The molecular weight excluding hydrogens is 212 g/mol. The van der Waals surface area contributed by atoms with Gasteiger partial charge in [0.05, 0.1) is 6.61 Å². The van der Waals surface area contributed by atoms with Crippen molar-refractivity contribution < 1.29 is 13.9 Å². The summed E-state index contributed by atoms with van der Waals surface area (Å²) in [6.45, 7) is -0.211. The Bertz CT molecular complexity index is 296. The summed E-state index contributed by atoms with van der Waals surface area (Å²) in [7, 11) is 0. The van der Waals surface area contributed by atoms with Gasteiger partial charge in [0.25, 0.3) is 0 Å². The second kappa shape index (κ2) is 5.90. The van der Waals surface area contributed by atoms with Gasteiger partial charge in [-0.2, -0.15) is 0 Å². The quantitative estimate of drug-likeness (QED) is 0.810. The Hall–Kier alpha value is -0.710. The summed E-state index contributed by atoms with van der Waals surface area (Å²) in [5.74, 6) is -1.23. The Kier molecular flexibility index (Phi) is 5.60. The SMILES string of the molecule is Cl.NC(CO)Cc1ccc(F)cc1F. The number of aliphatic hydroxyl groups excluding tert-OH is 1. The standard InChI is InChI=1S/C9H11F2NO.ClH/c10-7-2-1-6(9(11)4-7)3-8(12)5-13;/h1-2,4,8,13H,3,5,12H2;1H. The minimum atomic E-state index is -0.621. The van der Waals surface area contributed by atoms with Crippen molar-refractivity contribution in [2.45, 2.75) is 12.5 Å². The Morgan fingerprint density at radius 2 is 2.00 bits per heavy atom. The molecule has 0 amide bonds. The molecule has 1 rings (SSSR count). The average molecular weight is 224 g/mol. The molecule has 3 N–H and O–H groups in total. The predicted molar refractivity (Wildman–Crippen MR) is 52.4 cm³/mol. The topological polar surface area (TPSA) is 46.2 Å². The smallest absolute Gasteiger partial charge is 0.129 e. The lowest BCUT2D eigenvalue weighted by atomic mass is 10.1. The van der Waals surface area contributed by atoms with Gasteiger partial charge in [0.1, 0.15) is 11.6 Å². The molecule has 0 aliphatic carbocycles. The van der Waals surface area contributed by atoms with E-state index in [0.29, 0.717) is 5.56 Å². The van der Waals surface area contributed by atoms with Crippen molar-refractivity contribution in [1.29, 1.82) is 0 Å². The summed E-state index contributed by atoms with van der Waals surface area (Å²) in [5.41, 5.74) is 5.72. The molecule has 1 atom stereocenters. The van der Waals surface area contributed by atoms with E-state index in [1.807, 2.05) is 0 Å². The molecular formula is C9H12ClF2NO. The van der Waals surface area contributed by atoms with Crippen molar-refractivity contribution in [3.8, 4) is 0 Å². The summed E-state index contributed by atoms with van der Waals surface area (Å²) >= 11 is 0. The average Bonchev–Trinajstić information content (AvgIpc) is 2.09. The molecule has 0 heterocycles. The zero-order valence-corrected chi connectivity index (χ0v) is 8.23. The Morgan fingerprint density at radius 3 is 2.50 bits per heavy atom. The molecule has 0 aliphatic heterocycles. The molecule has 5 heteroatoms. The second-order valence-corrected chi connectivity index (χ2v) is 2.88. The minimum Gasteiger partial charge on any atom is -0.395 e. The van der Waals surface area contributed by atoms with Gasteiger partial charge in [-0.3, -0.25) is 0 Å². The van der Waals surface area contributed by atoms with Crippen LogP contribution in [0.25, 0.3) is 0 Å². The Balaban J connectivity index is 0.00000169. The molecule has 1 aromatic rings. The monoisotopic (exact) mass is 223 g/mol. The van der Waals surface area contributed by atoms with E-state index in [1.165, 1.54) is 12.1 Å². The summed E-state index contributed by atoms with van der Waals surface area (Å²) in [4.78, 5) is 0. The number of aliphatic hydroxyl groups is 1. The summed E-state index contributed by atoms with van der Waals surface area (Å²) in [6.07, 6.45) is 0.211. The number of nitrogens with two attached hydrogens (primary N) is 1. The van der Waals surface area contributed by atoms with Gasteiger partial charge in [-0.25, -0.2) is 8.78 Å². The maximum absolute atomic E-state index is 13.0. The van der Waals surface area contributed by atoms with Crippen molar-refractivity contribution in [3.63, 3.8) is 0 Å². The fraction of sp³-hybridized carbons (Fsp3) is 0.333. The molecule has 0 fully saturated rings. The number of halogens is 3. The van der Waals surface area contributed by atoms with Crippen molar-refractivity contribution in [2.24, 2.45) is 5.73 Å². The number of benzene rings is 1. The number of hydrogen-bond donors (Lipinski definition) is 2. The summed E-state index contributed by atoms with van der Waals surface area (Å²) in [5, 5.41) is 8.62. The molecule has 1 unspecified atom stereocenters. The highest BCUT2D eigenvalue weighted by molar-refractivity contribution is 5.85. The maximum Gasteiger partial charge on any atom is 0.129 e. The third-order valence-electron chi connectivity index (χ3n) is 1.73. The van der Waals surface area contributed by atoms with Crippen LogP contribution in [0.15, 0.2) is 18.2 Å². The van der Waals surface area contributed by atoms with E-state index in [1.54, 1.807) is 0 Å². The van der Waals surface area contributed by atoms with Gasteiger partial charge >= 0.3 is 0 Å². The van der Waals surface area contributed by atoms with E-state index in [4.69, 9.17) is 10.8 Å². The fourth-order valence-corrected chi connectivity index (χ4v) is 1.03. The van der Waals surface area contributed by atoms with E-state index < -0.39 is 17.7 Å². The molecule has 0 radical (unpaired) electrons. The normalized spacial score (nSPS) is 12.0. The van der Waals surface area contributed by atoms with Crippen LogP contribution in [-0.4, -0.2) is 17.8 Å². The third-order valence-corrected chi connectivity index (χ3v) is 1.73. The van der Waals surface area contributed by atoms with Crippen LogP contribution in [0.5, 0.6) is 0 Å². The zero-order chi connectivity index (χ0) is 9.84. The van der Waals surface area contributed by atoms with Crippen LogP contribution < -0.4 is 5.73 Å². The van der Waals surface area contributed by atoms with Crippen molar-refractivity contribution in [1.82, 2.24) is 0 Å². The highest BCUT2D eigenvalue weighted by Gasteiger charge is 2.07. The van der Waals surface area contributed by atoms with Crippen molar-refractivity contribution >= 4 is 12.4 Å². The Labute approximate surface area is 87.1 Å². The van der Waals surface area contributed by atoms with Gasteiger partial charge in [-0.05, 0) is 18.1 Å². The largest absolute Gasteiger partial charge is 0.395 e. The van der Waals surface area contributed by atoms with Gasteiger partial charge in [-0.1, -0.05) is 6.07 Å². The van der Waals surface area contributed by atoms with E-state index in [-0.39, 0.29) is 25.4 Å². The first kappa shape index (κ1) is 13.3. The Morgan fingerprint density at radius 1 is 1.36 bits per heavy atom. The van der Waals surface area contributed by atoms with E-state index >= 15 is 0 Å². The lowest BCUT2D eigenvalue weighted by Gasteiger charge is -2.08. The maximum atomic E-state index is 13.0. The van der Waals surface area contributed by atoms with Crippen LogP contribution in [0.1, 0.15) is 5.56 Å². The van der Waals surface area contributed by atoms with Gasteiger partial charge in [-0.15, -0.1) is 12.4 Å². The number of rotatable bonds is 3. The minimum absolute atomic E-state index is 0. The van der Waals surface area contributed by atoms with Crippen LogP contribution in [0.2, 0.25) is 0 Å². The molecule has 0 saturated carbocycles. The van der Waals surface area contributed by atoms with E-state index in [0.717, 1.165) is 6.07 Å². The molecule has 0 spiro atoms. The molecule has 0 bridgehead atoms. The highest BCUT2D eigenvalue weighted by Crippen LogP contribution is 2.10. The first-order valence-electron chi connectivity index (χ1n) is 3.94. The van der Waals surface area contributed by atoms with Gasteiger partial charge in [0.2, 0.25) is 0 Å². The molecule has 0 aromatic heterocycles. The molecule has 0 saturated heterocycles. The number of hydrogen-bond acceptors (Lipinski definition) is 2. The lowest BCUT2D eigenvalue weighted by Crippen LogP contribution is -2.27. The molecule has 2 nitrogen and oxygen atoms in total. The molecule has 0 aliphatic rings. The zero-order valence-electron chi connectivity index (χ0n) is 7.41. The van der Waals surface area contributed by atoms with Crippen molar-refractivity contribution in [3.05, 3.63) is 35.4 Å². The van der Waals surface area contributed by atoms with Crippen LogP contribution >= 0.6 is 12.4 Å². The van der Waals surface area contributed by atoms with Gasteiger partial charge < -0.3 is 10.8 Å². The van der Waals surface area contributed by atoms with Crippen LogP contribution in [0.4, 0.5) is 8.78 Å². The summed E-state index contributed by atoms with van der Waals surface area (Å²) < 4.78 is 25.4.